The minimum atomic E-state index is -0.174. The Morgan fingerprint density at radius 1 is 1.15 bits per heavy atom. The van der Waals surface area contributed by atoms with E-state index in [0.717, 1.165) is 26.4 Å². The van der Waals surface area contributed by atoms with E-state index in [1.807, 2.05) is 53.9 Å². The molecule has 0 bridgehead atoms. The summed E-state index contributed by atoms with van der Waals surface area (Å²) in [5.74, 6) is -0.174. The number of halogens is 1. The molecule has 4 rings (SSSR count). The highest BCUT2D eigenvalue weighted by atomic mass is 35.5. The van der Waals surface area contributed by atoms with Crippen molar-refractivity contribution in [3.8, 4) is 11.3 Å². The molecular formula is C19H14ClN3OS2. The van der Waals surface area contributed by atoms with Gasteiger partial charge < -0.3 is 11.1 Å². The van der Waals surface area contributed by atoms with Crippen molar-refractivity contribution in [3.05, 3.63) is 68.7 Å². The van der Waals surface area contributed by atoms with E-state index in [1.165, 1.54) is 11.3 Å². The number of thiophene rings is 2. The van der Waals surface area contributed by atoms with Gasteiger partial charge in [-0.15, -0.1) is 22.7 Å². The number of nitrogen functional groups attached to an aromatic ring is 1. The highest BCUT2D eigenvalue weighted by molar-refractivity contribution is 7.21. The second-order valence-electron chi connectivity index (χ2n) is 5.66. The normalized spacial score (nSPS) is 11.0. The summed E-state index contributed by atoms with van der Waals surface area (Å²) in [5.41, 5.74) is 8.45. The minimum absolute atomic E-state index is 0.174. The molecule has 26 heavy (non-hydrogen) atoms. The minimum Gasteiger partial charge on any atom is -0.397 e. The zero-order valence-corrected chi connectivity index (χ0v) is 15.9. The Bertz CT molecular complexity index is 1070. The summed E-state index contributed by atoms with van der Waals surface area (Å²) >= 11 is 8.86. The standard InChI is InChI=1S/C19H14ClN3OS2/c20-12-5-3-11(4-6-12)15-8-7-14-16(21)17(26-19(14)23-15)18(24)22-10-13-2-1-9-25-13/h1-9H,10,21H2,(H,22,24). The zero-order valence-electron chi connectivity index (χ0n) is 13.5. The second-order valence-corrected chi connectivity index (χ2v) is 8.13. The SMILES string of the molecule is Nc1c(C(=O)NCc2cccs2)sc2nc(-c3ccc(Cl)cc3)ccc12. The van der Waals surface area contributed by atoms with Gasteiger partial charge in [0, 0.05) is 20.8 Å². The summed E-state index contributed by atoms with van der Waals surface area (Å²) in [5, 5.41) is 6.38. The van der Waals surface area contributed by atoms with Crippen LogP contribution in [0.4, 0.5) is 5.69 Å². The Morgan fingerprint density at radius 3 is 2.69 bits per heavy atom. The van der Waals surface area contributed by atoms with E-state index < -0.39 is 0 Å². The van der Waals surface area contributed by atoms with E-state index in [2.05, 4.69) is 10.3 Å². The highest BCUT2D eigenvalue weighted by Crippen LogP contribution is 2.34. The Morgan fingerprint density at radius 2 is 1.96 bits per heavy atom. The lowest BCUT2D eigenvalue weighted by Gasteiger charge is -2.02. The predicted molar refractivity (Wildman–Crippen MR) is 110 cm³/mol. The van der Waals surface area contributed by atoms with Gasteiger partial charge in [0.25, 0.3) is 5.91 Å². The van der Waals surface area contributed by atoms with Crippen LogP contribution in [0.25, 0.3) is 21.5 Å². The predicted octanol–water partition coefficient (Wildman–Crippen LogP) is 5.19. The zero-order chi connectivity index (χ0) is 18.1. The van der Waals surface area contributed by atoms with Crippen molar-refractivity contribution in [1.82, 2.24) is 10.3 Å². The number of nitrogens with zero attached hydrogens (tertiary/aromatic N) is 1. The number of rotatable bonds is 4. The van der Waals surface area contributed by atoms with Crippen LogP contribution < -0.4 is 11.1 Å². The molecule has 0 atom stereocenters. The number of carbonyl (C=O) groups excluding carboxylic acids is 1. The number of amides is 1. The van der Waals surface area contributed by atoms with Crippen molar-refractivity contribution >= 4 is 56.1 Å². The molecule has 0 aliphatic rings. The summed E-state index contributed by atoms with van der Waals surface area (Å²) in [7, 11) is 0. The molecule has 0 saturated carbocycles. The van der Waals surface area contributed by atoms with Crippen LogP contribution in [-0.4, -0.2) is 10.9 Å². The summed E-state index contributed by atoms with van der Waals surface area (Å²) in [6, 6.07) is 15.3. The first kappa shape index (κ1) is 17.0. The topological polar surface area (TPSA) is 68.0 Å². The average molecular weight is 400 g/mol. The molecule has 3 heterocycles. The molecule has 3 aromatic heterocycles. The molecule has 0 fully saturated rings. The first-order valence-electron chi connectivity index (χ1n) is 7.87. The molecule has 130 valence electrons. The van der Waals surface area contributed by atoms with Crippen molar-refractivity contribution in [2.75, 3.05) is 5.73 Å². The van der Waals surface area contributed by atoms with Crippen LogP contribution in [0.1, 0.15) is 14.5 Å². The number of nitrogens with one attached hydrogen (secondary N) is 1. The van der Waals surface area contributed by atoms with Gasteiger partial charge in [0.05, 0.1) is 17.9 Å². The van der Waals surface area contributed by atoms with Crippen LogP contribution in [0.2, 0.25) is 5.02 Å². The van der Waals surface area contributed by atoms with Crippen LogP contribution in [0, 0.1) is 0 Å². The van der Waals surface area contributed by atoms with Crippen molar-refractivity contribution in [2.45, 2.75) is 6.54 Å². The maximum absolute atomic E-state index is 12.5. The molecule has 1 aromatic carbocycles. The monoisotopic (exact) mass is 399 g/mol. The van der Waals surface area contributed by atoms with Crippen molar-refractivity contribution < 1.29 is 4.79 Å². The summed E-state index contributed by atoms with van der Waals surface area (Å²) in [4.78, 5) is 19.5. The van der Waals surface area contributed by atoms with E-state index in [0.29, 0.717) is 22.1 Å². The second kappa shape index (κ2) is 7.07. The molecule has 7 heteroatoms. The van der Waals surface area contributed by atoms with Gasteiger partial charge in [-0.25, -0.2) is 4.98 Å². The Balaban J connectivity index is 1.63. The van der Waals surface area contributed by atoms with Crippen LogP contribution in [0.15, 0.2) is 53.9 Å². The fourth-order valence-electron chi connectivity index (χ4n) is 2.61. The lowest BCUT2D eigenvalue weighted by molar-refractivity contribution is 0.0956. The maximum Gasteiger partial charge on any atom is 0.263 e. The third kappa shape index (κ3) is 3.31. The van der Waals surface area contributed by atoms with Gasteiger partial charge in [-0.05, 0) is 35.7 Å². The summed E-state index contributed by atoms with van der Waals surface area (Å²) in [6.45, 7) is 0.494. The number of hydrogen-bond donors (Lipinski definition) is 2. The molecule has 3 N–H and O–H groups in total. The molecule has 0 aliphatic carbocycles. The molecular weight excluding hydrogens is 386 g/mol. The molecule has 1 amide bonds. The summed E-state index contributed by atoms with van der Waals surface area (Å²) in [6.07, 6.45) is 0. The van der Waals surface area contributed by atoms with Gasteiger partial charge in [-0.1, -0.05) is 29.8 Å². The first-order chi connectivity index (χ1) is 12.6. The fraction of sp³-hybridized carbons (Fsp3) is 0.0526. The lowest BCUT2D eigenvalue weighted by Crippen LogP contribution is -2.22. The number of pyridine rings is 1. The summed E-state index contributed by atoms with van der Waals surface area (Å²) < 4.78 is 0. The van der Waals surface area contributed by atoms with Crippen LogP contribution in [0.5, 0.6) is 0 Å². The molecule has 0 radical (unpaired) electrons. The van der Waals surface area contributed by atoms with Crippen LogP contribution in [-0.2, 0) is 6.54 Å². The number of hydrogen-bond acceptors (Lipinski definition) is 5. The van der Waals surface area contributed by atoms with Crippen molar-refractivity contribution in [3.63, 3.8) is 0 Å². The smallest absolute Gasteiger partial charge is 0.263 e. The molecule has 0 spiro atoms. The molecule has 4 nitrogen and oxygen atoms in total. The Labute approximate surface area is 163 Å². The number of anilines is 1. The third-order valence-corrected chi connectivity index (χ3v) is 6.19. The van der Waals surface area contributed by atoms with E-state index >= 15 is 0 Å². The van der Waals surface area contributed by atoms with Crippen LogP contribution in [0.3, 0.4) is 0 Å². The van der Waals surface area contributed by atoms with Gasteiger partial charge in [0.15, 0.2) is 0 Å². The number of fused-ring (bicyclic) bond motifs is 1. The first-order valence-corrected chi connectivity index (χ1v) is 9.95. The molecule has 0 saturated heterocycles. The van der Waals surface area contributed by atoms with E-state index in [4.69, 9.17) is 17.3 Å². The Kier molecular flexibility index (Phi) is 4.63. The highest BCUT2D eigenvalue weighted by Gasteiger charge is 2.17. The number of aromatic nitrogens is 1. The van der Waals surface area contributed by atoms with Crippen molar-refractivity contribution in [1.29, 1.82) is 0 Å². The lowest BCUT2D eigenvalue weighted by atomic mass is 10.1. The average Bonchev–Trinajstić information content (AvgIpc) is 3.28. The van der Waals surface area contributed by atoms with E-state index in [1.54, 1.807) is 11.3 Å². The van der Waals surface area contributed by atoms with Crippen molar-refractivity contribution in [2.24, 2.45) is 0 Å². The van der Waals surface area contributed by atoms with Gasteiger partial charge in [0.1, 0.15) is 9.71 Å². The van der Waals surface area contributed by atoms with Gasteiger partial charge in [-0.2, -0.15) is 0 Å². The third-order valence-electron chi connectivity index (χ3n) is 3.94. The molecule has 0 aliphatic heterocycles. The fourth-order valence-corrected chi connectivity index (χ4v) is 4.39. The quantitative estimate of drug-likeness (QED) is 0.496. The Hall–Kier alpha value is -2.41. The largest absolute Gasteiger partial charge is 0.397 e. The van der Waals surface area contributed by atoms with Gasteiger partial charge in [0.2, 0.25) is 0 Å². The number of carbonyl (C=O) groups is 1. The molecule has 0 unspecified atom stereocenters. The van der Waals surface area contributed by atoms with Gasteiger partial charge in [-0.3, -0.25) is 4.79 Å². The number of benzene rings is 1. The van der Waals surface area contributed by atoms with Gasteiger partial charge >= 0.3 is 0 Å². The van der Waals surface area contributed by atoms with E-state index in [9.17, 15) is 4.79 Å². The van der Waals surface area contributed by atoms with Crippen LogP contribution >= 0.6 is 34.3 Å². The molecule has 4 aromatic rings. The number of nitrogens with two attached hydrogens (primary N) is 1. The van der Waals surface area contributed by atoms with E-state index in [-0.39, 0.29) is 5.91 Å². The maximum atomic E-state index is 12.5.